The Balaban J connectivity index is 1.09. The van der Waals surface area contributed by atoms with Crippen LogP contribution in [0.5, 0.6) is 0 Å². The maximum absolute atomic E-state index is 15.7. The van der Waals surface area contributed by atoms with Gasteiger partial charge in [-0.25, -0.2) is 14.2 Å². The summed E-state index contributed by atoms with van der Waals surface area (Å²) in [6.45, 7) is 10.4. The normalized spacial score (nSPS) is 25.6. The predicted molar refractivity (Wildman–Crippen MR) is 168 cm³/mol. The van der Waals surface area contributed by atoms with Crippen molar-refractivity contribution in [3.8, 4) is 11.1 Å². The Morgan fingerprint density at radius 3 is 2.56 bits per heavy atom. The summed E-state index contributed by atoms with van der Waals surface area (Å²) in [5.41, 5.74) is 5.13. The van der Waals surface area contributed by atoms with E-state index < -0.39 is 17.8 Å². The van der Waals surface area contributed by atoms with Crippen LogP contribution in [0, 0.1) is 11.2 Å². The van der Waals surface area contributed by atoms with Crippen LogP contribution in [0.3, 0.4) is 0 Å². The van der Waals surface area contributed by atoms with Crippen LogP contribution in [0.4, 0.5) is 4.39 Å². The molecule has 1 unspecified atom stereocenters. The van der Waals surface area contributed by atoms with E-state index in [2.05, 4.69) is 35.9 Å². The molecule has 1 N–H and O–H groups in total. The maximum Gasteiger partial charge on any atom is 0.335 e. The monoisotopic (exact) mass is 614 g/mol. The van der Waals surface area contributed by atoms with Crippen LogP contribution < -0.4 is 0 Å². The van der Waals surface area contributed by atoms with Gasteiger partial charge in [-0.3, -0.25) is 4.79 Å². The van der Waals surface area contributed by atoms with E-state index in [-0.39, 0.29) is 41.6 Å². The Kier molecular flexibility index (Phi) is 7.60. The SMILES string of the molecule is CCOC(=O)C(c1ncn2c1CCC2)N1Cc2c(F)cc(-c3ccc(C4(C)CC(C)(CN5CCC(O)CC5)C4)cc3)cc2C1=O. The highest BCUT2D eigenvalue weighted by atomic mass is 19.1. The first-order valence-electron chi connectivity index (χ1n) is 16.4. The van der Waals surface area contributed by atoms with E-state index in [1.54, 1.807) is 19.3 Å². The summed E-state index contributed by atoms with van der Waals surface area (Å²) in [5.74, 6) is -1.38. The first-order chi connectivity index (χ1) is 21.6. The number of ether oxygens (including phenoxy) is 1. The Labute approximate surface area is 264 Å². The number of benzene rings is 2. The van der Waals surface area contributed by atoms with Crippen molar-refractivity contribution in [2.24, 2.45) is 5.41 Å². The number of carbonyl (C=O) groups excluding carboxylic acids is 2. The molecule has 3 aliphatic heterocycles. The van der Waals surface area contributed by atoms with Crippen molar-refractivity contribution >= 4 is 11.9 Å². The van der Waals surface area contributed by atoms with Crippen molar-refractivity contribution in [1.29, 1.82) is 0 Å². The molecule has 0 spiro atoms. The molecule has 1 aliphatic carbocycles. The molecule has 3 aromatic rings. The van der Waals surface area contributed by atoms with E-state index in [0.29, 0.717) is 16.8 Å². The highest BCUT2D eigenvalue weighted by molar-refractivity contribution is 6.02. The van der Waals surface area contributed by atoms with E-state index in [1.165, 1.54) is 16.5 Å². The number of aliphatic hydroxyl groups is 1. The van der Waals surface area contributed by atoms with Gasteiger partial charge in [0.2, 0.25) is 0 Å². The summed E-state index contributed by atoms with van der Waals surface area (Å²) in [6.07, 6.45) is 7.20. The Hall–Kier alpha value is -3.56. The largest absolute Gasteiger partial charge is 0.464 e. The molecule has 7 rings (SSSR count). The molecule has 4 heterocycles. The minimum Gasteiger partial charge on any atom is -0.464 e. The van der Waals surface area contributed by atoms with Crippen molar-refractivity contribution in [3.05, 3.63) is 76.6 Å². The second-order valence-electron chi connectivity index (χ2n) is 14.3. The molecule has 238 valence electrons. The van der Waals surface area contributed by atoms with Gasteiger partial charge >= 0.3 is 5.97 Å². The molecule has 1 aromatic heterocycles. The molecule has 1 saturated carbocycles. The lowest BCUT2D eigenvalue weighted by atomic mass is 9.52. The second kappa shape index (κ2) is 11.4. The zero-order valence-corrected chi connectivity index (χ0v) is 26.5. The molecule has 1 atom stereocenters. The van der Waals surface area contributed by atoms with Gasteiger partial charge in [-0.05, 0) is 85.1 Å². The lowest BCUT2D eigenvalue weighted by molar-refractivity contribution is -0.149. The zero-order chi connectivity index (χ0) is 31.5. The lowest BCUT2D eigenvalue weighted by Crippen LogP contribution is -2.53. The number of aryl methyl sites for hydroxylation is 1. The fourth-order valence-electron chi connectivity index (χ4n) is 8.73. The molecule has 0 radical (unpaired) electrons. The molecule has 2 fully saturated rings. The highest BCUT2D eigenvalue weighted by Gasteiger charge is 2.50. The number of rotatable bonds is 8. The van der Waals surface area contributed by atoms with E-state index in [4.69, 9.17) is 4.74 Å². The smallest absolute Gasteiger partial charge is 0.335 e. The number of halogens is 1. The van der Waals surface area contributed by atoms with Crippen LogP contribution >= 0.6 is 0 Å². The van der Waals surface area contributed by atoms with E-state index in [1.807, 2.05) is 16.7 Å². The number of aliphatic hydroxyl groups excluding tert-OH is 1. The molecule has 8 nitrogen and oxygen atoms in total. The van der Waals surface area contributed by atoms with Gasteiger partial charge in [-0.15, -0.1) is 0 Å². The number of imidazole rings is 1. The van der Waals surface area contributed by atoms with E-state index >= 15 is 4.39 Å². The Morgan fingerprint density at radius 2 is 1.84 bits per heavy atom. The van der Waals surface area contributed by atoms with Crippen LogP contribution in [0.2, 0.25) is 0 Å². The summed E-state index contributed by atoms with van der Waals surface area (Å²) >= 11 is 0. The van der Waals surface area contributed by atoms with Gasteiger partial charge < -0.3 is 24.2 Å². The molecular weight excluding hydrogens is 571 g/mol. The molecule has 4 aliphatic rings. The van der Waals surface area contributed by atoms with Crippen LogP contribution in [-0.4, -0.2) is 68.7 Å². The summed E-state index contributed by atoms with van der Waals surface area (Å²) < 4.78 is 23.1. The number of nitrogens with zero attached hydrogens (tertiary/aromatic N) is 4. The molecule has 9 heteroatoms. The van der Waals surface area contributed by atoms with Crippen LogP contribution in [0.25, 0.3) is 11.1 Å². The molecule has 0 bridgehead atoms. The van der Waals surface area contributed by atoms with Crippen molar-refractivity contribution in [2.45, 2.75) is 89.9 Å². The molecular formula is C36H43FN4O4. The van der Waals surface area contributed by atoms with Gasteiger partial charge in [0.25, 0.3) is 5.91 Å². The van der Waals surface area contributed by atoms with Crippen molar-refractivity contribution < 1.29 is 23.8 Å². The second-order valence-corrected chi connectivity index (χ2v) is 14.3. The minimum absolute atomic E-state index is 0.00979. The average Bonchev–Trinajstić information content (AvgIpc) is 3.71. The van der Waals surface area contributed by atoms with Gasteiger partial charge in [-0.2, -0.15) is 0 Å². The van der Waals surface area contributed by atoms with Crippen LogP contribution in [0.1, 0.15) is 91.8 Å². The number of amides is 1. The highest BCUT2D eigenvalue weighted by Crippen LogP contribution is 2.56. The fourth-order valence-corrected chi connectivity index (χ4v) is 8.73. The van der Waals surface area contributed by atoms with Crippen LogP contribution in [-0.2, 0) is 34.5 Å². The van der Waals surface area contributed by atoms with Gasteiger partial charge in [-0.1, -0.05) is 38.1 Å². The topological polar surface area (TPSA) is 87.9 Å². The number of piperidine rings is 1. The first-order valence-corrected chi connectivity index (χ1v) is 16.4. The number of fused-ring (bicyclic) bond motifs is 2. The number of likely N-dealkylation sites (tertiary alicyclic amines) is 1. The van der Waals surface area contributed by atoms with Crippen molar-refractivity contribution in [3.63, 3.8) is 0 Å². The lowest BCUT2D eigenvalue weighted by Gasteiger charge is -2.55. The third-order valence-corrected chi connectivity index (χ3v) is 10.6. The Morgan fingerprint density at radius 1 is 1.11 bits per heavy atom. The van der Waals surface area contributed by atoms with E-state index in [9.17, 15) is 14.7 Å². The molecule has 45 heavy (non-hydrogen) atoms. The quantitative estimate of drug-likeness (QED) is 0.342. The van der Waals surface area contributed by atoms with E-state index in [0.717, 1.165) is 76.0 Å². The molecule has 1 amide bonds. The number of hydrogen-bond acceptors (Lipinski definition) is 6. The van der Waals surface area contributed by atoms with Crippen molar-refractivity contribution in [2.75, 3.05) is 26.2 Å². The average molecular weight is 615 g/mol. The number of esters is 1. The zero-order valence-electron chi connectivity index (χ0n) is 26.5. The van der Waals surface area contributed by atoms with Gasteiger partial charge in [0.05, 0.1) is 31.3 Å². The molecule has 1 saturated heterocycles. The summed E-state index contributed by atoms with van der Waals surface area (Å²) in [5, 5.41) is 9.86. The third kappa shape index (κ3) is 5.37. The van der Waals surface area contributed by atoms with Crippen LogP contribution in [0.15, 0.2) is 42.7 Å². The van der Waals surface area contributed by atoms with Gasteiger partial charge in [0.1, 0.15) is 5.82 Å². The van der Waals surface area contributed by atoms with Crippen molar-refractivity contribution in [1.82, 2.24) is 19.4 Å². The molecule has 2 aromatic carbocycles. The fraction of sp³-hybridized carbons (Fsp3) is 0.528. The number of hydrogen-bond donors (Lipinski definition) is 1. The summed E-state index contributed by atoms with van der Waals surface area (Å²) in [6, 6.07) is 10.6. The minimum atomic E-state index is -1.02. The van der Waals surface area contributed by atoms with Gasteiger partial charge in [0, 0.05) is 43.0 Å². The summed E-state index contributed by atoms with van der Waals surface area (Å²) in [4.78, 5) is 35.5. The third-order valence-electron chi connectivity index (χ3n) is 10.6. The standard InChI is InChI=1S/C36H43FN4O4/c1-4-45-34(44)32(31-30-6-5-13-40(30)22-38-31)41-18-28-27(33(41)43)16-24(17-29(28)37)23-7-9-25(10-8-23)36(3)19-35(2,20-36)21-39-14-11-26(42)12-15-39/h7-10,16-17,22,26,32,42H,4-6,11-15,18-21H2,1-3H3. The predicted octanol–water partition coefficient (Wildman–Crippen LogP) is 5.41. The van der Waals surface area contributed by atoms with Gasteiger partial charge in [0.15, 0.2) is 6.04 Å². The summed E-state index contributed by atoms with van der Waals surface area (Å²) in [7, 11) is 0. The Bertz CT molecular complexity index is 1620. The maximum atomic E-state index is 15.7. The number of aromatic nitrogens is 2. The number of carbonyl (C=O) groups is 2. The first kappa shape index (κ1) is 30.1.